The highest BCUT2D eigenvalue weighted by Crippen LogP contribution is 2.50. The quantitative estimate of drug-likeness (QED) is 0.182. The van der Waals surface area contributed by atoms with Crippen molar-refractivity contribution in [2.45, 2.75) is 0 Å². The highest BCUT2D eigenvalue weighted by molar-refractivity contribution is 6.19. The molecule has 0 fully saturated rings. The molecule has 0 spiro atoms. The molecule has 10 aromatic rings. The third-order valence-electron chi connectivity index (χ3n) is 10.6. The van der Waals surface area contributed by atoms with Gasteiger partial charge in [0.15, 0.2) is 0 Å². The van der Waals surface area contributed by atoms with E-state index in [0.29, 0.717) is 0 Å². The molecule has 11 rings (SSSR count). The van der Waals surface area contributed by atoms with E-state index in [9.17, 15) is 0 Å². The first-order chi connectivity index (χ1) is 26.3. The van der Waals surface area contributed by atoms with Crippen molar-refractivity contribution >= 4 is 32.8 Å². The summed E-state index contributed by atoms with van der Waals surface area (Å²) in [5.74, 6) is 0.847. The fraction of sp³-hybridized carbons (Fsp3) is 0. The Morgan fingerprint density at radius 1 is 0.396 bits per heavy atom. The van der Waals surface area contributed by atoms with E-state index in [1.54, 1.807) is 0 Å². The second kappa shape index (κ2) is 11.7. The van der Waals surface area contributed by atoms with E-state index >= 15 is 0 Å². The van der Waals surface area contributed by atoms with Gasteiger partial charge >= 0.3 is 0 Å². The maximum Gasteiger partial charge on any atom is 0.145 e. The predicted octanol–water partition coefficient (Wildman–Crippen LogP) is 12.4. The number of hydrogen-bond acceptors (Lipinski definition) is 3. The first-order valence-electron chi connectivity index (χ1n) is 17.9. The van der Waals surface area contributed by atoms with E-state index in [0.717, 1.165) is 50.4 Å². The molecule has 4 nitrogen and oxygen atoms in total. The first kappa shape index (κ1) is 29.5. The SMILES string of the molecule is c1ccc(-c2ccc3c(c2)-c2cccc4c(-c5ccc(-c6nc7c8ncccc8nc(-c8ccccc8)c7n6-c6ccccc6)cc5)ccc-3c24)cc1. The third-order valence-corrected chi connectivity index (χ3v) is 10.6. The van der Waals surface area contributed by atoms with Crippen LogP contribution >= 0.6 is 0 Å². The summed E-state index contributed by atoms with van der Waals surface area (Å²) in [5.41, 5.74) is 17.4. The standard InChI is InChI=1S/C49H30N4/c1-4-12-31(13-5-1)35-25-26-38-41-28-27-37(39-18-10-19-40(44(39)41)42(38)30-35)32-21-23-34(24-22-32)49-52-47-46-43(20-11-29-50-46)51-45(33-14-6-2-7-15-33)48(47)53(49)36-16-8-3-9-17-36/h1-30H. The number of aromatic nitrogens is 4. The summed E-state index contributed by atoms with van der Waals surface area (Å²) < 4.78 is 2.24. The second-order valence-corrected chi connectivity index (χ2v) is 13.6. The van der Waals surface area contributed by atoms with Gasteiger partial charge in [0.2, 0.25) is 0 Å². The molecule has 4 heteroatoms. The summed E-state index contributed by atoms with van der Waals surface area (Å²) >= 11 is 0. The van der Waals surface area contributed by atoms with E-state index in [2.05, 4.69) is 156 Å². The van der Waals surface area contributed by atoms with Crippen LogP contribution in [0.4, 0.5) is 0 Å². The van der Waals surface area contributed by atoms with Gasteiger partial charge in [-0.1, -0.05) is 146 Å². The lowest BCUT2D eigenvalue weighted by Gasteiger charge is -2.13. The van der Waals surface area contributed by atoms with Gasteiger partial charge in [-0.05, 0) is 85.6 Å². The van der Waals surface area contributed by atoms with Crippen LogP contribution in [0.3, 0.4) is 0 Å². The Hall–Kier alpha value is -7.17. The van der Waals surface area contributed by atoms with Crippen molar-refractivity contribution in [3.63, 3.8) is 0 Å². The number of para-hydroxylation sites is 1. The highest BCUT2D eigenvalue weighted by Gasteiger charge is 2.25. The topological polar surface area (TPSA) is 43.6 Å². The van der Waals surface area contributed by atoms with Crippen molar-refractivity contribution < 1.29 is 0 Å². The molecule has 1 aliphatic rings. The summed E-state index contributed by atoms with van der Waals surface area (Å²) in [5, 5.41) is 2.58. The zero-order chi connectivity index (χ0) is 34.9. The number of hydrogen-bond donors (Lipinski definition) is 0. The monoisotopic (exact) mass is 674 g/mol. The zero-order valence-electron chi connectivity index (χ0n) is 28.6. The van der Waals surface area contributed by atoms with Crippen molar-refractivity contribution in [2.24, 2.45) is 0 Å². The summed E-state index contributed by atoms with van der Waals surface area (Å²) in [6.07, 6.45) is 1.82. The molecule has 0 bridgehead atoms. The molecule has 0 N–H and O–H groups in total. The number of pyridine rings is 2. The molecule has 0 amide bonds. The molecule has 53 heavy (non-hydrogen) atoms. The minimum Gasteiger partial charge on any atom is -0.290 e. The van der Waals surface area contributed by atoms with E-state index in [-0.39, 0.29) is 0 Å². The maximum absolute atomic E-state index is 5.37. The minimum absolute atomic E-state index is 0.791. The average molecular weight is 675 g/mol. The molecule has 0 unspecified atom stereocenters. The first-order valence-corrected chi connectivity index (χ1v) is 17.9. The van der Waals surface area contributed by atoms with Crippen molar-refractivity contribution in [3.8, 4) is 72.8 Å². The number of fused-ring (bicyclic) bond motifs is 6. The van der Waals surface area contributed by atoms with Gasteiger partial charge in [-0.2, -0.15) is 0 Å². The predicted molar refractivity (Wildman–Crippen MR) is 218 cm³/mol. The Balaban J connectivity index is 1.07. The summed E-state index contributed by atoms with van der Waals surface area (Å²) in [6, 6.07) is 62.5. The van der Waals surface area contributed by atoms with Gasteiger partial charge in [0, 0.05) is 23.0 Å². The summed E-state index contributed by atoms with van der Waals surface area (Å²) in [6.45, 7) is 0. The maximum atomic E-state index is 5.37. The molecule has 1 aliphatic carbocycles. The molecule has 3 aromatic heterocycles. The molecule has 3 heterocycles. The Labute approximate surface area is 306 Å². The molecular formula is C49H30N4. The van der Waals surface area contributed by atoms with Gasteiger partial charge in [-0.15, -0.1) is 0 Å². The Morgan fingerprint density at radius 3 is 1.85 bits per heavy atom. The Bertz CT molecular complexity index is 3020. The lowest BCUT2D eigenvalue weighted by Crippen LogP contribution is -2.00. The van der Waals surface area contributed by atoms with Crippen LogP contribution in [-0.2, 0) is 0 Å². The Morgan fingerprint density at radius 2 is 1.06 bits per heavy atom. The minimum atomic E-state index is 0.791. The lowest BCUT2D eigenvalue weighted by molar-refractivity contribution is 1.10. The van der Waals surface area contributed by atoms with Gasteiger partial charge in [0.25, 0.3) is 0 Å². The molecule has 7 aromatic carbocycles. The molecule has 246 valence electrons. The van der Waals surface area contributed by atoms with Crippen molar-refractivity contribution in [2.75, 3.05) is 0 Å². The number of benzene rings is 7. The van der Waals surface area contributed by atoms with Gasteiger partial charge < -0.3 is 0 Å². The molecule has 0 saturated heterocycles. The van der Waals surface area contributed by atoms with Gasteiger partial charge in [-0.3, -0.25) is 9.55 Å². The molecule has 0 aliphatic heterocycles. The second-order valence-electron chi connectivity index (χ2n) is 13.6. The van der Waals surface area contributed by atoms with Gasteiger partial charge in [-0.25, -0.2) is 9.97 Å². The van der Waals surface area contributed by atoms with Crippen LogP contribution in [0.1, 0.15) is 0 Å². The zero-order valence-corrected chi connectivity index (χ0v) is 28.6. The van der Waals surface area contributed by atoms with Crippen LogP contribution < -0.4 is 0 Å². The van der Waals surface area contributed by atoms with Crippen molar-refractivity contribution in [3.05, 3.63) is 182 Å². The van der Waals surface area contributed by atoms with Gasteiger partial charge in [0.1, 0.15) is 22.4 Å². The molecule has 0 saturated carbocycles. The van der Waals surface area contributed by atoms with E-state index in [1.165, 1.54) is 55.3 Å². The third kappa shape index (κ3) is 4.59. The van der Waals surface area contributed by atoms with Crippen molar-refractivity contribution in [1.29, 1.82) is 0 Å². The number of imidazole rings is 1. The van der Waals surface area contributed by atoms with Crippen LogP contribution in [0.5, 0.6) is 0 Å². The lowest BCUT2D eigenvalue weighted by atomic mass is 9.94. The number of nitrogens with zero attached hydrogens (tertiary/aromatic N) is 4. The molecular weight excluding hydrogens is 645 g/mol. The smallest absolute Gasteiger partial charge is 0.145 e. The van der Waals surface area contributed by atoms with E-state index in [4.69, 9.17) is 15.0 Å². The van der Waals surface area contributed by atoms with Crippen LogP contribution in [0.15, 0.2) is 182 Å². The average Bonchev–Trinajstić information content (AvgIpc) is 3.79. The van der Waals surface area contributed by atoms with Crippen LogP contribution in [0.25, 0.3) is 106 Å². The van der Waals surface area contributed by atoms with Gasteiger partial charge in [0.05, 0.1) is 11.2 Å². The fourth-order valence-corrected chi connectivity index (χ4v) is 8.18. The van der Waals surface area contributed by atoms with E-state index < -0.39 is 0 Å². The van der Waals surface area contributed by atoms with Crippen LogP contribution in [0, 0.1) is 0 Å². The molecule has 0 atom stereocenters. The molecule has 0 radical (unpaired) electrons. The Kier molecular flexibility index (Phi) is 6.52. The van der Waals surface area contributed by atoms with Crippen LogP contribution in [0.2, 0.25) is 0 Å². The highest BCUT2D eigenvalue weighted by atomic mass is 15.1. The fourth-order valence-electron chi connectivity index (χ4n) is 8.18. The van der Waals surface area contributed by atoms with Crippen molar-refractivity contribution in [1.82, 2.24) is 19.5 Å². The normalized spacial score (nSPS) is 11.8. The largest absolute Gasteiger partial charge is 0.290 e. The summed E-state index contributed by atoms with van der Waals surface area (Å²) in [4.78, 5) is 15.3. The van der Waals surface area contributed by atoms with E-state index in [1.807, 2.05) is 30.5 Å². The summed E-state index contributed by atoms with van der Waals surface area (Å²) in [7, 11) is 0. The van der Waals surface area contributed by atoms with Crippen LogP contribution in [-0.4, -0.2) is 19.5 Å². The number of rotatable bonds is 5.